The summed E-state index contributed by atoms with van der Waals surface area (Å²) in [4.78, 5) is 25.8. The van der Waals surface area contributed by atoms with E-state index in [0.29, 0.717) is 38.0 Å². The van der Waals surface area contributed by atoms with Crippen molar-refractivity contribution in [3.8, 4) is 12.1 Å². The molecule has 7 nitrogen and oxygen atoms in total. The number of hydrogen-bond acceptors (Lipinski definition) is 6. The highest BCUT2D eigenvalue weighted by atomic mass is 35.5. The fourth-order valence-electron chi connectivity index (χ4n) is 5.44. The molecule has 1 saturated heterocycles. The van der Waals surface area contributed by atoms with Crippen LogP contribution >= 0.6 is 11.6 Å². The number of nitriles is 1. The summed E-state index contributed by atoms with van der Waals surface area (Å²) < 4.78 is 30.7. The number of carbonyl (C=O) groups excluding carboxylic acids is 1. The Labute approximate surface area is 273 Å². The minimum Gasteiger partial charge on any atom is -0.463 e. The molecule has 1 amide bonds. The second-order valence-electron chi connectivity index (χ2n) is 11.4. The maximum atomic E-state index is 13.8. The van der Waals surface area contributed by atoms with Gasteiger partial charge in [-0.05, 0) is 56.1 Å². The number of aryl methyl sites for hydroxylation is 2. The van der Waals surface area contributed by atoms with E-state index in [1.165, 1.54) is 4.90 Å². The van der Waals surface area contributed by atoms with Crippen LogP contribution in [0.2, 0.25) is 5.02 Å². The number of carbonyl (C=O) groups is 1. The van der Waals surface area contributed by atoms with Crippen LogP contribution in [0.1, 0.15) is 89.5 Å². The summed E-state index contributed by atoms with van der Waals surface area (Å²) in [5, 5.41) is 10.2. The highest BCUT2D eigenvalue weighted by Gasteiger charge is 2.33. The number of amides is 1. The fraction of sp³-hybridized carbons (Fsp3) is 0.600. The lowest BCUT2D eigenvalue weighted by atomic mass is 10.0. The van der Waals surface area contributed by atoms with E-state index in [2.05, 4.69) is 44.4 Å². The third-order valence-corrected chi connectivity index (χ3v) is 8.25. The second kappa shape index (κ2) is 20.7. The van der Waals surface area contributed by atoms with Gasteiger partial charge in [-0.1, -0.05) is 83.3 Å². The van der Waals surface area contributed by atoms with Crippen molar-refractivity contribution in [2.75, 3.05) is 37.8 Å². The minimum absolute atomic E-state index is 0.0902. The van der Waals surface area contributed by atoms with Crippen molar-refractivity contribution in [1.29, 1.82) is 5.26 Å². The Hall–Kier alpha value is -3.25. The Balaban J connectivity index is 0.00000166. The monoisotopic (exact) mass is 645 g/mol. The van der Waals surface area contributed by atoms with Crippen molar-refractivity contribution in [1.82, 2.24) is 14.9 Å². The highest BCUT2D eigenvalue weighted by molar-refractivity contribution is 6.31. The van der Waals surface area contributed by atoms with Gasteiger partial charge in [-0.2, -0.15) is 15.2 Å². The summed E-state index contributed by atoms with van der Waals surface area (Å²) in [5.41, 5.74) is 3.12. The highest BCUT2D eigenvalue weighted by Crippen LogP contribution is 2.30. The number of piperazine rings is 1. The van der Waals surface area contributed by atoms with E-state index >= 15 is 0 Å². The molecule has 45 heavy (non-hydrogen) atoms. The van der Waals surface area contributed by atoms with Gasteiger partial charge in [-0.3, -0.25) is 9.18 Å². The zero-order valence-electron chi connectivity index (χ0n) is 27.5. The SMILES string of the molecule is C=C(F)C(=O)N1CCN(c2nc(OCC(CC)CCC)nc(CCCc3ccccc3Cl)c2CCC)CC1CC#N.CCCF. The van der Waals surface area contributed by atoms with Gasteiger partial charge in [0.25, 0.3) is 5.91 Å². The molecule has 1 aromatic heterocycles. The van der Waals surface area contributed by atoms with Crippen LogP contribution in [-0.4, -0.2) is 59.7 Å². The van der Waals surface area contributed by atoms with E-state index in [1.807, 2.05) is 18.2 Å². The number of rotatable bonds is 16. The summed E-state index contributed by atoms with van der Waals surface area (Å²) in [6.07, 6.45) is 8.05. The number of anilines is 1. The molecule has 0 aliphatic carbocycles. The summed E-state index contributed by atoms with van der Waals surface area (Å²) >= 11 is 6.41. The Bertz CT molecular complexity index is 1250. The van der Waals surface area contributed by atoms with Crippen molar-refractivity contribution >= 4 is 23.3 Å². The van der Waals surface area contributed by atoms with E-state index in [1.54, 1.807) is 6.92 Å². The van der Waals surface area contributed by atoms with E-state index < -0.39 is 17.8 Å². The first-order valence-electron chi connectivity index (χ1n) is 16.3. The average molecular weight is 646 g/mol. The lowest BCUT2D eigenvalue weighted by molar-refractivity contribution is -0.131. The van der Waals surface area contributed by atoms with Crippen LogP contribution in [-0.2, 0) is 24.1 Å². The Morgan fingerprint density at radius 3 is 2.47 bits per heavy atom. The van der Waals surface area contributed by atoms with Crippen molar-refractivity contribution in [3.05, 3.63) is 58.5 Å². The molecule has 1 aliphatic heterocycles. The Morgan fingerprint density at radius 1 is 1.13 bits per heavy atom. The lowest BCUT2D eigenvalue weighted by Gasteiger charge is -2.41. The van der Waals surface area contributed by atoms with E-state index in [0.717, 1.165) is 79.0 Å². The van der Waals surface area contributed by atoms with Crippen LogP contribution in [0.15, 0.2) is 36.7 Å². The fourth-order valence-corrected chi connectivity index (χ4v) is 5.67. The summed E-state index contributed by atoms with van der Waals surface area (Å²) in [6.45, 7) is 12.9. The van der Waals surface area contributed by atoms with Gasteiger partial charge in [0.05, 0.1) is 37.5 Å². The predicted octanol–water partition coefficient (Wildman–Crippen LogP) is 8.24. The third kappa shape index (κ3) is 11.9. The van der Waals surface area contributed by atoms with Gasteiger partial charge in [0, 0.05) is 30.2 Å². The zero-order chi connectivity index (χ0) is 33.2. The van der Waals surface area contributed by atoms with Crippen molar-refractivity contribution in [3.63, 3.8) is 0 Å². The quantitative estimate of drug-likeness (QED) is 0.171. The van der Waals surface area contributed by atoms with Gasteiger partial charge >= 0.3 is 6.01 Å². The van der Waals surface area contributed by atoms with E-state index in [9.17, 15) is 18.8 Å². The standard InChI is InChI=1S/C32H43ClFN5O2.C3H7F/c1-5-11-24(7-3)22-41-32-36-29(16-10-14-25-13-8-9-15-28(25)33)27(12-6-2)30(37-32)38-19-20-39(31(40)23(4)34)26(21-38)17-18-35;1-2-3-4/h8-9,13,15,24,26H,4-7,10-12,14,16-17,19-22H2,1-3H3;2-3H2,1H3. The molecule has 1 aliphatic rings. The number of benzene rings is 1. The molecule has 2 atom stereocenters. The van der Waals surface area contributed by atoms with Gasteiger partial charge in [0.1, 0.15) is 5.82 Å². The third-order valence-electron chi connectivity index (χ3n) is 7.88. The van der Waals surface area contributed by atoms with Gasteiger partial charge in [0.15, 0.2) is 5.83 Å². The summed E-state index contributed by atoms with van der Waals surface area (Å²) in [5.74, 6) is -0.562. The molecule has 0 saturated carbocycles. The smallest absolute Gasteiger partial charge is 0.318 e. The van der Waals surface area contributed by atoms with Gasteiger partial charge in [-0.15, -0.1) is 0 Å². The van der Waals surface area contributed by atoms with Crippen molar-refractivity contribution < 1.29 is 18.3 Å². The Kier molecular flexibility index (Phi) is 17.5. The lowest BCUT2D eigenvalue weighted by Crippen LogP contribution is -2.55. The molecule has 2 aromatic rings. The van der Waals surface area contributed by atoms with Crippen molar-refractivity contribution in [2.24, 2.45) is 5.92 Å². The minimum atomic E-state index is -1.01. The molecule has 0 N–H and O–H groups in total. The molecular weight excluding hydrogens is 596 g/mol. The maximum absolute atomic E-state index is 13.8. The van der Waals surface area contributed by atoms with E-state index in [4.69, 9.17) is 26.3 Å². The number of hydrogen-bond donors (Lipinski definition) is 0. The van der Waals surface area contributed by atoms with Crippen LogP contribution in [0, 0.1) is 17.2 Å². The number of halogens is 3. The molecule has 248 valence electrons. The number of alkyl halides is 1. The molecule has 10 heteroatoms. The van der Waals surface area contributed by atoms with Gasteiger partial charge < -0.3 is 14.5 Å². The molecule has 2 heterocycles. The maximum Gasteiger partial charge on any atom is 0.318 e. The second-order valence-corrected chi connectivity index (χ2v) is 11.8. The van der Waals surface area contributed by atoms with Crippen LogP contribution < -0.4 is 9.64 Å². The topological polar surface area (TPSA) is 82.3 Å². The van der Waals surface area contributed by atoms with Crippen molar-refractivity contribution in [2.45, 2.75) is 97.9 Å². The molecular formula is C35H50ClF2N5O2. The molecule has 2 unspecified atom stereocenters. The average Bonchev–Trinajstić information content (AvgIpc) is 3.04. The molecule has 0 radical (unpaired) electrons. The van der Waals surface area contributed by atoms with E-state index in [-0.39, 0.29) is 19.6 Å². The van der Waals surface area contributed by atoms with Gasteiger partial charge in [0.2, 0.25) is 0 Å². The Morgan fingerprint density at radius 2 is 1.87 bits per heavy atom. The molecule has 3 rings (SSSR count). The van der Waals surface area contributed by atoms with Crippen LogP contribution in [0.3, 0.4) is 0 Å². The van der Waals surface area contributed by atoms with Crippen LogP contribution in [0.4, 0.5) is 14.6 Å². The summed E-state index contributed by atoms with van der Waals surface area (Å²) in [6, 6.07) is 9.93. The van der Waals surface area contributed by atoms with Gasteiger partial charge in [-0.25, -0.2) is 4.39 Å². The largest absolute Gasteiger partial charge is 0.463 e. The first-order chi connectivity index (χ1) is 21.7. The number of ether oxygens (including phenoxy) is 1. The number of aromatic nitrogens is 2. The van der Waals surface area contributed by atoms with Crippen LogP contribution in [0.5, 0.6) is 6.01 Å². The first-order valence-corrected chi connectivity index (χ1v) is 16.7. The molecule has 0 spiro atoms. The number of nitrogens with zero attached hydrogens (tertiary/aromatic N) is 5. The normalized spacial score (nSPS) is 15.1. The molecule has 1 aromatic carbocycles. The first kappa shape index (κ1) is 37.9. The molecule has 0 bridgehead atoms. The summed E-state index contributed by atoms with van der Waals surface area (Å²) in [7, 11) is 0. The predicted molar refractivity (Wildman–Crippen MR) is 178 cm³/mol. The van der Waals surface area contributed by atoms with Crippen LogP contribution in [0.25, 0.3) is 0 Å². The molecule has 1 fully saturated rings. The zero-order valence-corrected chi connectivity index (χ0v) is 28.2.